The van der Waals surface area contributed by atoms with Crippen molar-refractivity contribution in [2.45, 2.75) is 20.8 Å². The molecule has 0 saturated carbocycles. The zero-order chi connectivity index (χ0) is 22.0. The molecule has 1 amide bonds. The highest BCUT2D eigenvalue weighted by Crippen LogP contribution is 2.23. The second-order valence-electron chi connectivity index (χ2n) is 7.03. The second kappa shape index (κ2) is 8.69. The molecule has 2 aromatic heterocycles. The molecule has 0 atom stereocenters. The predicted octanol–water partition coefficient (Wildman–Crippen LogP) is 5.39. The topological polar surface area (TPSA) is 81.9 Å². The number of rotatable bonds is 5. The van der Waals surface area contributed by atoms with Crippen LogP contribution in [0.25, 0.3) is 5.82 Å². The lowest BCUT2D eigenvalue weighted by Crippen LogP contribution is -2.11. The molecule has 156 valence electrons. The highest BCUT2D eigenvalue weighted by atomic mass is 79.9. The molecule has 8 heteroatoms. The average Bonchev–Trinajstić information content (AvgIpc) is 3.03. The maximum atomic E-state index is 12.3. The first-order chi connectivity index (χ1) is 14.9. The van der Waals surface area contributed by atoms with Crippen molar-refractivity contribution in [3.05, 3.63) is 87.7 Å². The van der Waals surface area contributed by atoms with Crippen LogP contribution in [0.2, 0.25) is 0 Å². The number of nitrogens with zero attached hydrogens (tertiary/aromatic N) is 4. The Morgan fingerprint density at radius 3 is 2.39 bits per heavy atom. The van der Waals surface area contributed by atoms with Gasteiger partial charge in [0.05, 0.1) is 5.69 Å². The van der Waals surface area contributed by atoms with E-state index in [0.717, 1.165) is 21.4 Å². The Bertz CT molecular complexity index is 1230. The van der Waals surface area contributed by atoms with Crippen LogP contribution in [0.3, 0.4) is 0 Å². The molecular weight excluding hydrogens is 458 g/mol. The minimum atomic E-state index is -0.184. The molecule has 2 aromatic carbocycles. The number of halogens is 1. The van der Waals surface area contributed by atoms with Gasteiger partial charge in [-0.25, -0.2) is 4.68 Å². The summed E-state index contributed by atoms with van der Waals surface area (Å²) in [7, 11) is 0. The largest absolute Gasteiger partial charge is 0.438 e. The smallest absolute Gasteiger partial charge is 0.255 e. The van der Waals surface area contributed by atoms with Gasteiger partial charge in [-0.15, -0.1) is 10.2 Å². The molecule has 0 aliphatic rings. The van der Waals surface area contributed by atoms with Crippen molar-refractivity contribution in [3.8, 4) is 17.4 Å². The lowest BCUT2D eigenvalue weighted by atomic mass is 10.2. The van der Waals surface area contributed by atoms with E-state index in [1.54, 1.807) is 47.1 Å². The van der Waals surface area contributed by atoms with Gasteiger partial charge in [-0.1, -0.05) is 22.0 Å². The summed E-state index contributed by atoms with van der Waals surface area (Å²) >= 11 is 3.37. The van der Waals surface area contributed by atoms with E-state index >= 15 is 0 Å². The van der Waals surface area contributed by atoms with Crippen LogP contribution in [0.4, 0.5) is 5.69 Å². The van der Waals surface area contributed by atoms with Gasteiger partial charge in [0.25, 0.3) is 5.91 Å². The van der Waals surface area contributed by atoms with Gasteiger partial charge in [0.2, 0.25) is 5.88 Å². The monoisotopic (exact) mass is 477 g/mol. The van der Waals surface area contributed by atoms with Crippen molar-refractivity contribution >= 4 is 27.5 Å². The Morgan fingerprint density at radius 2 is 1.77 bits per heavy atom. The van der Waals surface area contributed by atoms with Crippen molar-refractivity contribution in [2.75, 3.05) is 5.32 Å². The van der Waals surface area contributed by atoms with E-state index in [0.29, 0.717) is 28.7 Å². The molecule has 0 spiro atoms. The number of hydrogen-bond donors (Lipinski definition) is 1. The lowest BCUT2D eigenvalue weighted by molar-refractivity contribution is 0.102. The van der Waals surface area contributed by atoms with Crippen molar-refractivity contribution in [1.29, 1.82) is 0 Å². The van der Waals surface area contributed by atoms with E-state index in [4.69, 9.17) is 4.74 Å². The summed E-state index contributed by atoms with van der Waals surface area (Å²) in [4.78, 5) is 12.3. The van der Waals surface area contributed by atoms with Gasteiger partial charge in [0, 0.05) is 27.5 Å². The van der Waals surface area contributed by atoms with Crippen molar-refractivity contribution in [2.24, 2.45) is 0 Å². The lowest BCUT2D eigenvalue weighted by Gasteiger charge is -2.08. The van der Waals surface area contributed by atoms with Gasteiger partial charge in [0.15, 0.2) is 5.82 Å². The van der Waals surface area contributed by atoms with Crippen molar-refractivity contribution < 1.29 is 9.53 Å². The van der Waals surface area contributed by atoms with Gasteiger partial charge in [-0.3, -0.25) is 4.79 Å². The normalized spacial score (nSPS) is 10.7. The molecular formula is C23H20BrN5O2. The summed E-state index contributed by atoms with van der Waals surface area (Å²) in [5, 5.41) is 15.7. The molecule has 0 aliphatic carbocycles. The highest BCUT2D eigenvalue weighted by molar-refractivity contribution is 9.10. The fourth-order valence-corrected chi connectivity index (χ4v) is 3.38. The van der Waals surface area contributed by atoms with Crippen molar-refractivity contribution in [3.63, 3.8) is 0 Å². The first kappa shape index (κ1) is 20.7. The summed E-state index contributed by atoms with van der Waals surface area (Å²) < 4.78 is 8.39. The molecule has 0 saturated heterocycles. The van der Waals surface area contributed by atoms with Crippen LogP contribution in [0, 0.1) is 20.8 Å². The molecule has 1 N–H and O–H groups in total. The van der Waals surface area contributed by atoms with E-state index in [-0.39, 0.29) is 5.91 Å². The molecule has 0 bridgehead atoms. The number of aryl methyl sites for hydroxylation is 1. The van der Waals surface area contributed by atoms with Crippen LogP contribution in [0.1, 0.15) is 27.3 Å². The van der Waals surface area contributed by atoms with Gasteiger partial charge in [-0.2, -0.15) is 5.10 Å². The van der Waals surface area contributed by atoms with E-state index in [1.165, 1.54) is 0 Å². The van der Waals surface area contributed by atoms with Crippen LogP contribution >= 0.6 is 15.9 Å². The first-order valence-corrected chi connectivity index (χ1v) is 10.4. The van der Waals surface area contributed by atoms with Crippen molar-refractivity contribution in [1.82, 2.24) is 20.0 Å². The Kier molecular flexibility index (Phi) is 5.81. The number of amides is 1. The number of carbonyl (C=O) groups excluding carboxylic acids is 1. The Balaban J connectivity index is 1.42. The Morgan fingerprint density at radius 1 is 1.00 bits per heavy atom. The fourth-order valence-electron chi connectivity index (χ4n) is 2.98. The molecule has 4 rings (SSSR count). The third-order valence-electron chi connectivity index (χ3n) is 4.92. The zero-order valence-corrected chi connectivity index (χ0v) is 18.8. The number of aromatic nitrogens is 4. The summed E-state index contributed by atoms with van der Waals surface area (Å²) in [5.74, 6) is 1.40. The first-order valence-electron chi connectivity index (χ1n) is 9.62. The quantitative estimate of drug-likeness (QED) is 0.416. The summed E-state index contributed by atoms with van der Waals surface area (Å²) in [6.45, 7) is 6.00. The standard InChI is InChI=1S/C23H20BrN5O2/c1-14-15(2)28-29(16(14)3)21-11-12-22(27-26-21)31-20-9-7-19(8-10-20)25-23(30)17-5-4-6-18(24)13-17/h4-13H,1-3H3,(H,25,30). The SMILES string of the molecule is Cc1nn(-c2ccc(Oc3ccc(NC(=O)c4cccc(Br)c4)cc3)nn2)c(C)c1C. The van der Waals surface area contributed by atoms with Crippen LogP contribution in [-0.2, 0) is 0 Å². The molecule has 7 nitrogen and oxygen atoms in total. The maximum Gasteiger partial charge on any atom is 0.255 e. The van der Waals surface area contributed by atoms with Crippen LogP contribution < -0.4 is 10.1 Å². The van der Waals surface area contributed by atoms with Gasteiger partial charge in [-0.05, 0) is 74.9 Å². The summed E-state index contributed by atoms with van der Waals surface area (Å²) in [6, 6.07) is 17.8. The maximum absolute atomic E-state index is 12.3. The number of ether oxygens (including phenoxy) is 1. The molecule has 0 fully saturated rings. The Labute approximate surface area is 188 Å². The minimum Gasteiger partial charge on any atom is -0.438 e. The minimum absolute atomic E-state index is 0.184. The fraction of sp³-hybridized carbons (Fsp3) is 0.130. The Hall–Kier alpha value is -3.52. The highest BCUT2D eigenvalue weighted by Gasteiger charge is 2.11. The van der Waals surface area contributed by atoms with E-state index in [1.807, 2.05) is 39.0 Å². The predicted molar refractivity (Wildman–Crippen MR) is 122 cm³/mol. The van der Waals surface area contributed by atoms with E-state index in [2.05, 4.69) is 36.5 Å². The average molecular weight is 478 g/mol. The summed E-state index contributed by atoms with van der Waals surface area (Å²) in [6.07, 6.45) is 0. The van der Waals surface area contributed by atoms with E-state index in [9.17, 15) is 4.79 Å². The van der Waals surface area contributed by atoms with Crippen LogP contribution in [0.5, 0.6) is 11.6 Å². The number of anilines is 1. The molecule has 0 aliphatic heterocycles. The van der Waals surface area contributed by atoms with Gasteiger partial charge < -0.3 is 10.1 Å². The van der Waals surface area contributed by atoms with Crippen LogP contribution in [-0.4, -0.2) is 25.9 Å². The number of carbonyl (C=O) groups is 1. The molecule has 31 heavy (non-hydrogen) atoms. The van der Waals surface area contributed by atoms with Gasteiger partial charge >= 0.3 is 0 Å². The van der Waals surface area contributed by atoms with E-state index < -0.39 is 0 Å². The second-order valence-corrected chi connectivity index (χ2v) is 7.94. The summed E-state index contributed by atoms with van der Waals surface area (Å²) in [5.41, 5.74) is 4.36. The third kappa shape index (κ3) is 4.64. The number of nitrogens with one attached hydrogen (secondary N) is 1. The molecule has 2 heterocycles. The molecule has 0 unspecified atom stereocenters. The third-order valence-corrected chi connectivity index (χ3v) is 5.41. The van der Waals surface area contributed by atoms with Gasteiger partial charge in [0.1, 0.15) is 5.75 Å². The zero-order valence-electron chi connectivity index (χ0n) is 17.3. The number of benzene rings is 2. The molecule has 0 radical (unpaired) electrons. The number of hydrogen-bond acceptors (Lipinski definition) is 5. The molecule has 4 aromatic rings. The van der Waals surface area contributed by atoms with Crippen LogP contribution in [0.15, 0.2) is 65.1 Å².